The van der Waals surface area contributed by atoms with E-state index in [1.807, 2.05) is 13.0 Å². The van der Waals surface area contributed by atoms with E-state index in [0.717, 1.165) is 5.56 Å². The number of benzene rings is 3. The lowest BCUT2D eigenvalue weighted by Crippen LogP contribution is -2.44. The predicted molar refractivity (Wildman–Crippen MR) is 121 cm³/mol. The Labute approximate surface area is 182 Å². The van der Waals surface area contributed by atoms with Gasteiger partial charge in [-0.25, -0.2) is 8.42 Å². The SMILES string of the molecule is C=CC1c2cc(OC)ccc2N(S(=O)(=O)c2ccc(C)cc2)C1C(=O)c1ccccc1. The zero-order chi connectivity index (χ0) is 22.2. The number of nitrogens with zero attached hydrogens (tertiary/aromatic N) is 1. The normalized spacial score (nSPS) is 17.8. The molecule has 0 spiro atoms. The highest BCUT2D eigenvalue weighted by molar-refractivity contribution is 7.93. The molecule has 158 valence electrons. The van der Waals surface area contributed by atoms with Gasteiger partial charge in [-0.15, -0.1) is 6.58 Å². The molecule has 0 N–H and O–H groups in total. The minimum absolute atomic E-state index is 0.135. The van der Waals surface area contributed by atoms with Crippen LogP contribution in [0.25, 0.3) is 0 Å². The number of aryl methyl sites for hydroxylation is 1. The van der Waals surface area contributed by atoms with Crippen LogP contribution >= 0.6 is 0 Å². The molecule has 0 bridgehead atoms. The first kappa shape index (κ1) is 20.9. The molecule has 0 radical (unpaired) electrons. The molecule has 0 saturated heterocycles. The second kappa shape index (κ2) is 8.04. The summed E-state index contributed by atoms with van der Waals surface area (Å²) in [5, 5.41) is 0. The molecular formula is C25H23NO4S. The molecule has 2 unspecified atom stereocenters. The third-order valence-corrected chi connectivity index (χ3v) is 7.39. The fourth-order valence-electron chi connectivity index (χ4n) is 3.99. The van der Waals surface area contributed by atoms with Crippen LogP contribution in [0.15, 0.2) is 90.3 Å². The molecule has 0 aromatic heterocycles. The summed E-state index contributed by atoms with van der Waals surface area (Å²) in [6.07, 6.45) is 1.63. The lowest BCUT2D eigenvalue weighted by Gasteiger charge is -2.28. The average molecular weight is 434 g/mol. The number of anilines is 1. The molecule has 5 nitrogen and oxygen atoms in total. The van der Waals surface area contributed by atoms with Gasteiger partial charge in [-0.1, -0.05) is 54.1 Å². The van der Waals surface area contributed by atoms with Gasteiger partial charge in [0.2, 0.25) is 0 Å². The smallest absolute Gasteiger partial charge is 0.265 e. The lowest BCUT2D eigenvalue weighted by atomic mass is 9.90. The quantitative estimate of drug-likeness (QED) is 0.416. The maximum absolute atomic E-state index is 13.8. The first-order chi connectivity index (χ1) is 14.9. The second-order valence-corrected chi connectivity index (χ2v) is 9.29. The highest BCUT2D eigenvalue weighted by atomic mass is 32.2. The van der Waals surface area contributed by atoms with Gasteiger partial charge < -0.3 is 4.74 Å². The van der Waals surface area contributed by atoms with E-state index in [-0.39, 0.29) is 10.7 Å². The lowest BCUT2D eigenvalue weighted by molar-refractivity contribution is 0.0960. The van der Waals surface area contributed by atoms with Crippen molar-refractivity contribution < 1.29 is 17.9 Å². The van der Waals surface area contributed by atoms with Crippen molar-refractivity contribution in [1.29, 1.82) is 0 Å². The number of sulfonamides is 1. The van der Waals surface area contributed by atoms with E-state index >= 15 is 0 Å². The van der Waals surface area contributed by atoms with Gasteiger partial charge in [-0.05, 0) is 42.8 Å². The standard InChI is InChI=1S/C25H23NO4S/c1-4-21-22-16-19(30-3)12-15-23(22)26(24(21)25(27)18-8-6-5-7-9-18)31(28,29)20-13-10-17(2)11-14-20/h4-16,21,24H,1H2,2-3H3. The summed E-state index contributed by atoms with van der Waals surface area (Å²) in [7, 11) is -2.46. The number of carbonyl (C=O) groups is 1. The van der Waals surface area contributed by atoms with Crippen LogP contribution in [0.3, 0.4) is 0 Å². The molecule has 1 heterocycles. The van der Waals surface area contributed by atoms with Gasteiger partial charge in [-0.3, -0.25) is 9.10 Å². The highest BCUT2D eigenvalue weighted by Gasteiger charge is 2.47. The zero-order valence-electron chi connectivity index (χ0n) is 17.4. The summed E-state index contributed by atoms with van der Waals surface area (Å²) >= 11 is 0. The van der Waals surface area contributed by atoms with Crippen LogP contribution in [-0.4, -0.2) is 27.4 Å². The molecule has 6 heteroatoms. The first-order valence-corrected chi connectivity index (χ1v) is 11.3. The molecule has 0 saturated carbocycles. The molecule has 3 aromatic rings. The summed E-state index contributed by atoms with van der Waals surface area (Å²) < 4.78 is 34.1. The Morgan fingerprint density at radius 1 is 1.03 bits per heavy atom. The number of ether oxygens (including phenoxy) is 1. The predicted octanol–water partition coefficient (Wildman–Crippen LogP) is 4.73. The number of carbonyl (C=O) groups excluding carboxylic acids is 1. The van der Waals surface area contributed by atoms with E-state index < -0.39 is 22.0 Å². The Morgan fingerprint density at radius 2 is 1.71 bits per heavy atom. The van der Waals surface area contributed by atoms with Crippen molar-refractivity contribution in [1.82, 2.24) is 0 Å². The minimum Gasteiger partial charge on any atom is -0.497 e. The number of ketones is 1. The van der Waals surface area contributed by atoms with Crippen LogP contribution < -0.4 is 9.04 Å². The third-order valence-electron chi connectivity index (χ3n) is 5.58. The van der Waals surface area contributed by atoms with Crippen molar-refractivity contribution in [2.75, 3.05) is 11.4 Å². The number of methoxy groups -OCH3 is 1. The molecular weight excluding hydrogens is 410 g/mol. The van der Waals surface area contributed by atoms with Crippen LogP contribution in [0.2, 0.25) is 0 Å². The molecule has 3 aromatic carbocycles. The van der Waals surface area contributed by atoms with Crippen molar-refractivity contribution in [3.8, 4) is 5.75 Å². The number of hydrogen-bond acceptors (Lipinski definition) is 4. The fourth-order valence-corrected chi connectivity index (χ4v) is 5.65. The van der Waals surface area contributed by atoms with Crippen molar-refractivity contribution >= 4 is 21.5 Å². The molecule has 31 heavy (non-hydrogen) atoms. The molecule has 0 fully saturated rings. The topological polar surface area (TPSA) is 63.7 Å². The van der Waals surface area contributed by atoms with E-state index in [1.54, 1.807) is 79.9 Å². The van der Waals surface area contributed by atoms with Gasteiger partial charge >= 0.3 is 0 Å². The largest absolute Gasteiger partial charge is 0.497 e. The number of rotatable bonds is 6. The van der Waals surface area contributed by atoms with Crippen molar-refractivity contribution in [3.63, 3.8) is 0 Å². The maximum Gasteiger partial charge on any atom is 0.265 e. The summed E-state index contributed by atoms with van der Waals surface area (Å²) in [5.41, 5.74) is 2.55. The molecule has 2 atom stereocenters. The Balaban J connectivity index is 1.93. The monoisotopic (exact) mass is 433 g/mol. The van der Waals surface area contributed by atoms with Crippen LogP contribution in [0, 0.1) is 6.92 Å². The minimum atomic E-state index is -4.01. The van der Waals surface area contributed by atoms with Crippen LogP contribution in [0.5, 0.6) is 5.75 Å². The Hall–Kier alpha value is -3.38. The van der Waals surface area contributed by atoms with Gasteiger partial charge in [0.05, 0.1) is 17.7 Å². The van der Waals surface area contributed by atoms with E-state index in [4.69, 9.17) is 4.74 Å². The number of fused-ring (bicyclic) bond motifs is 1. The van der Waals surface area contributed by atoms with E-state index in [1.165, 1.54) is 4.31 Å². The number of Topliss-reactive ketones (excluding diaryl/α,β-unsaturated/α-hetero) is 1. The van der Waals surface area contributed by atoms with Crippen LogP contribution in [0.4, 0.5) is 5.69 Å². The molecule has 1 aliphatic rings. The van der Waals surface area contributed by atoms with Crippen LogP contribution in [-0.2, 0) is 10.0 Å². The number of hydrogen-bond donors (Lipinski definition) is 0. The summed E-state index contributed by atoms with van der Waals surface area (Å²) in [6.45, 7) is 5.80. The van der Waals surface area contributed by atoms with Gasteiger partial charge in [0, 0.05) is 11.5 Å². The third kappa shape index (κ3) is 3.53. The fraction of sp³-hybridized carbons (Fsp3) is 0.160. The maximum atomic E-state index is 13.8. The second-order valence-electron chi connectivity index (χ2n) is 7.48. The van der Waals surface area contributed by atoms with Gasteiger partial charge in [0.15, 0.2) is 5.78 Å². The summed E-state index contributed by atoms with van der Waals surface area (Å²) in [6, 6.07) is 19.6. The average Bonchev–Trinajstić information content (AvgIpc) is 3.13. The van der Waals surface area contributed by atoms with E-state index in [2.05, 4.69) is 6.58 Å². The molecule has 1 aliphatic heterocycles. The van der Waals surface area contributed by atoms with Gasteiger partial charge in [-0.2, -0.15) is 0 Å². The molecule has 0 aliphatic carbocycles. The van der Waals surface area contributed by atoms with E-state index in [9.17, 15) is 13.2 Å². The molecule has 0 amide bonds. The van der Waals surface area contributed by atoms with E-state index in [0.29, 0.717) is 22.6 Å². The summed E-state index contributed by atoms with van der Waals surface area (Å²) in [5.74, 6) is -0.208. The van der Waals surface area contributed by atoms with Crippen molar-refractivity contribution in [3.05, 3.63) is 102 Å². The van der Waals surface area contributed by atoms with Crippen LogP contribution in [0.1, 0.15) is 27.4 Å². The first-order valence-electron chi connectivity index (χ1n) is 9.89. The zero-order valence-corrected chi connectivity index (χ0v) is 18.2. The van der Waals surface area contributed by atoms with Crippen molar-refractivity contribution in [2.24, 2.45) is 0 Å². The highest BCUT2D eigenvalue weighted by Crippen LogP contribution is 2.47. The summed E-state index contributed by atoms with van der Waals surface area (Å²) in [4.78, 5) is 13.7. The molecule has 4 rings (SSSR count). The van der Waals surface area contributed by atoms with Gasteiger partial charge in [0.25, 0.3) is 10.0 Å². The van der Waals surface area contributed by atoms with Gasteiger partial charge in [0.1, 0.15) is 11.8 Å². The van der Waals surface area contributed by atoms with Crippen molar-refractivity contribution in [2.45, 2.75) is 23.8 Å². The Morgan fingerprint density at radius 3 is 2.32 bits per heavy atom. The Kier molecular flexibility index (Phi) is 5.41. The Bertz CT molecular complexity index is 1230.